The van der Waals surface area contributed by atoms with E-state index in [9.17, 15) is 0 Å². The lowest BCUT2D eigenvalue weighted by molar-refractivity contribution is 0.392. The van der Waals surface area contributed by atoms with Crippen molar-refractivity contribution in [2.75, 3.05) is 11.1 Å². The van der Waals surface area contributed by atoms with Gasteiger partial charge in [0.2, 0.25) is 0 Å². The number of nitrogens with zero attached hydrogens (tertiary/aromatic N) is 2. The summed E-state index contributed by atoms with van der Waals surface area (Å²) in [6.07, 6.45) is 1.82. The number of aromatic nitrogens is 2. The number of aryl methyl sites for hydroxylation is 3. The van der Waals surface area contributed by atoms with Gasteiger partial charge in [0.25, 0.3) is 0 Å². The van der Waals surface area contributed by atoms with Gasteiger partial charge in [0.15, 0.2) is 0 Å². The number of hydrogen-bond donors (Lipinski definition) is 2. The Labute approximate surface area is 123 Å². The SMILES string of the molecule is Cc1cc2c(NCc3c(C)noc3C)ccc(N)c2cn1. The van der Waals surface area contributed by atoms with E-state index in [0.717, 1.165) is 44.9 Å². The molecule has 2 heterocycles. The van der Waals surface area contributed by atoms with Gasteiger partial charge in [0.1, 0.15) is 5.76 Å². The Morgan fingerprint density at radius 2 is 2.00 bits per heavy atom. The number of nitrogens with two attached hydrogens (primary N) is 1. The Bertz CT molecular complexity index is 788. The zero-order valence-corrected chi connectivity index (χ0v) is 12.4. The van der Waals surface area contributed by atoms with E-state index in [1.54, 1.807) is 0 Å². The molecular formula is C16H18N4O. The largest absolute Gasteiger partial charge is 0.398 e. The van der Waals surface area contributed by atoms with Crippen LogP contribution in [0.2, 0.25) is 0 Å². The molecule has 5 nitrogen and oxygen atoms in total. The highest BCUT2D eigenvalue weighted by Gasteiger charge is 2.10. The first-order valence-corrected chi connectivity index (χ1v) is 6.86. The summed E-state index contributed by atoms with van der Waals surface area (Å²) in [7, 11) is 0. The predicted octanol–water partition coefficient (Wildman–Crippen LogP) is 3.34. The van der Waals surface area contributed by atoms with Crippen molar-refractivity contribution in [2.45, 2.75) is 27.3 Å². The molecule has 3 N–H and O–H groups in total. The summed E-state index contributed by atoms with van der Waals surface area (Å²) >= 11 is 0. The Balaban J connectivity index is 1.98. The van der Waals surface area contributed by atoms with Gasteiger partial charge in [-0.2, -0.15) is 0 Å². The van der Waals surface area contributed by atoms with Gasteiger partial charge in [0.05, 0.1) is 5.69 Å². The first kappa shape index (κ1) is 13.4. The molecular weight excluding hydrogens is 264 g/mol. The van der Waals surface area contributed by atoms with Crippen LogP contribution in [0.1, 0.15) is 22.7 Å². The van der Waals surface area contributed by atoms with Gasteiger partial charge in [-0.15, -0.1) is 0 Å². The Kier molecular flexibility index (Phi) is 3.25. The van der Waals surface area contributed by atoms with Crippen molar-refractivity contribution in [3.05, 3.63) is 47.1 Å². The van der Waals surface area contributed by atoms with Crippen molar-refractivity contribution in [3.63, 3.8) is 0 Å². The first-order chi connectivity index (χ1) is 10.1. The van der Waals surface area contributed by atoms with Crippen molar-refractivity contribution in [1.29, 1.82) is 0 Å². The van der Waals surface area contributed by atoms with Gasteiger partial charge < -0.3 is 15.6 Å². The van der Waals surface area contributed by atoms with Crippen molar-refractivity contribution in [1.82, 2.24) is 10.1 Å². The minimum Gasteiger partial charge on any atom is -0.398 e. The zero-order valence-electron chi connectivity index (χ0n) is 12.4. The standard InChI is InChI=1S/C16H18N4O/c1-9-6-12-14(8-18-9)15(17)4-5-16(12)19-7-13-10(2)20-21-11(13)3/h4-6,8,19H,7,17H2,1-3H3. The monoisotopic (exact) mass is 282 g/mol. The topological polar surface area (TPSA) is 77.0 Å². The van der Waals surface area contributed by atoms with Crippen LogP contribution >= 0.6 is 0 Å². The quantitative estimate of drug-likeness (QED) is 0.720. The molecule has 0 aliphatic rings. The van der Waals surface area contributed by atoms with E-state index in [1.807, 2.05) is 45.2 Å². The third-order valence-electron chi connectivity index (χ3n) is 3.71. The fourth-order valence-corrected chi connectivity index (χ4v) is 2.46. The number of anilines is 2. The second-order valence-electron chi connectivity index (χ2n) is 5.23. The van der Waals surface area contributed by atoms with Crippen LogP contribution < -0.4 is 11.1 Å². The summed E-state index contributed by atoms with van der Waals surface area (Å²) < 4.78 is 5.19. The van der Waals surface area contributed by atoms with Crippen LogP contribution in [0.25, 0.3) is 10.8 Å². The van der Waals surface area contributed by atoms with Crippen LogP contribution in [0.4, 0.5) is 11.4 Å². The molecule has 0 amide bonds. The minimum atomic E-state index is 0.668. The molecule has 0 bridgehead atoms. The molecule has 2 aromatic heterocycles. The van der Waals surface area contributed by atoms with E-state index < -0.39 is 0 Å². The Morgan fingerprint density at radius 1 is 1.19 bits per heavy atom. The smallest absolute Gasteiger partial charge is 0.138 e. The molecule has 0 atom stereocenters. The number of nitrogens with one attached hydrogen (secondary N) is 1. The average Bonchev–Trinajstić information content (AvgIpc) is 2.78. The third kappa shape index (κ3) is 2.42. The van der Waals surface area contributed by atoms with Gasteiger partial charge in [0, 0.05) is 46.1 Å². The number of fused-ring (bicyclic) bond motifs is 1. The second-order valence-corrected chi connectivity index (χ2v) is 5.23. The molecule has 0 saturated carbocycles. The maximum atomic E-state index is 6.02. The van der Waals surface area contributed by atoms with E-state index in [1.165, 1.54) is 0 Å². The van der Waals surface area contributed by atoms with E-state index in [-0.39, 0.29) is 0 Å². The summed E-state index contributed by atoms with van der Waals surface area (Å²) in [6, 6.07) is 5.94. The van der Waals surface area contributed by atoms with Crippen LogP contribution in [0, 0.1) is 20.8 Å². The molecule has 3 rings (SSSR count). The summed E-state index contributed by atoms with van der Waals surface area (Å²) in [4.78, 5) is 4.31. The highest BCUT2D eigenvalue weighted by Crippen LogP contribution is 2.29. The third-order valence-corrected chi connectivity index (χ3v) is 3.71. The van der Waals surface area contributed by atoms with Crippen molar-refractivity contribution < 1.29 is 4.52 Å². The summed E-state index contributed by atoms with van der Waals surface area (Å²) in [5.74, 6) is 0.845. The van der Waals surface area contributed by atoms with Crippen molar-refractivity contribution in [3.8, 4) is 0 Å². The lowest BCUT2D eigenvalue weighted by Gasteiger charge is -2.11. The molecule has 0 unspecified atom stereocenters. The first-order valence-electron chi connectivity index (χ1n) is 6.86. The van der Waals surface area contributed by atoms with Crippen LogP contribution in [0.5, 0.6) is 0 Å². The fraction of sp³-hybridized carbons (Fsp3) is 0.250. The van der Waals surface area contributed by atoms with E-state index in [2.05, 4.69) is 15.5 Å². The molecule has 0 spiro atoms. The van der Waals surface area contributed by atoms with Crippen LogP contribution in [-0.2, 0) is 6.54 Å². The molecule has 5 heteroatoms. The number of pyridine rings is 1. The van der Waals surface area contributed by atoms with Crippen LogP contribution in [-0.4, -0.2) is 10.1 Å². The summed E-state index contributed by atoms with van der Waals surface area (Å²) in [6.45, 7) is 6.51. The zero-order chi connectivity index (χ0) is 15.0. The highest BCUT2D eigenvalue weighted by molar-refractivity contribution is 6.00. The lowest BCUT2D eigenvalue weighted by atomic mass is 10.1. The summed E-state index contributed by atoms with van der Waals surface area (Å²) in [5, 5.41) is 9.46. The number of rotatable bonds is 3. The van der Waals surface area contributed by atoms with Gasteiger partial charge in [-0.25, -0.2) is 0 Å². The molecule has 0 radical (unpaired) electrons. The molecule has 1 aromatic carbocycles. The molecule has 21 heavy (non-hydrogen) atoms. The lowest BCUT2D eigenvalue weighted by Crippen LogP contribution is -2.03. The maximum Gasteiger partial charge on any atom is 0.138 e. The van der Waals surface area contributed by atoms with Gasteiger partial charge in [-0.3, -0.25) is 4.98 Å². The molecule has 0 fully saturated rings. The average molecular weight is 282 g/mol. The van der Waals surface area contributed by atoms with Crippen molar-refractivity contribution >= 4 is 22.1 Å². The van der Waals surface area contributed by atoms with Crippen LogP contribution in [0.3, 0.4) is 0 Å². The summed E-state index contributed by atoms with van der Waals surface area (Å²) in [5.41, 5.74) is 10.8. The maximum absolute atomic E-state index is 6.02. The van der Waals surface area contributed by atoms with Crippen LogP contribution in [0.15, 0.2) is 28.9 Å². The van der Waals surface area contributed by atoms with Gasteiger partial charge >= 0.3 is 0 Å². The van der Waals surface area contributed by atoms with Gasteiger partial charge in [-0.1, -0.05) is 5.16 Å². The van der Waals surface area contributed by atoms with E-state index in [4.69, 9.17) is 10.3 Å². The highest BCUT2D eigenvalue weighted by atomic mass is 16.5. The molecule has 3 aromatic rings. The van der Waals surface area contributed by atoms with E-state index in [0.29, 0.717) is 6.54 Å². The minimum absolute atomic E-state index is 0.668. The van der Waals surface area contributed by atoms with Crippen molar-refractivity contribution in [2.24, 2.45) is 0 Å². The molecule has 0 saturated heterocycles. The number of hydrogen-bond acceptors (Lipinski definition) is 5. The normalized spacial score (nSPS) is 11.0. The van der Waals surface area contributed by atoms with Gasteiger partial charge in [-0.05, 0) is 39.0 Å². The molecule has 0 aliphatic heterocycles. The fourth-order valence-electron chi connectivity index (χ4n) is 2.46. The Morgan fingerprint density at radius 3 is 2.71 bits per heavy atom. The Hall–Kier alpha value is -2.56. The molecule has 0 aliphatic carbocycles. The molecule has 108 valence electrons. The second kappa shape index (κ2) is 5.09. The number of nitrogen functional groups attached to an aromatic ring is 1. The predicted molar refractivity (Wildman–Crippen MR) is 84.2 cm³/mol. The van der Waals surface area contributed by atoms with E-state index >= 15 is 0 Å². The number of benzene rings is 1.